The monoisotopic (exact) mass is 504 g/mol. The number of aromatic nitrogens is 3. The lowest BCUT2D eigenvalue weighted by atomic mass is 10.1. The number of nitrogens with one attached hydrogen (secondary N) is 3. The molecule has 0 spiro atoms. The summed E-state index contributed by atoms with van der Waals surface area (Å²) in [5.74, 6) is -0.437. The number of amides is 1. The number of nitrogens with zero attached hydrogens (tertiary/aromatic N) is 4. The number of azo groups is 1. The highest BCUT2D eigenvalue weighted by atomic mass is 32.2. The number of hydrogen-bond donors (Lipinski definition) is 4. The summed E-state index contributed by atoms with van der Waals surface area (Å²) < 4.78 is 28.4. The van der Waals surface area contributed by atoms with Gasteiger partial charge in [-0.25, -0.2) is 18.4 Å². The minimum atomic E-state index is -3.99. The van der Waals surface area contributed by atoms with Crippen molar-refractivity contribution in [2.75, 3.05) is 11.1 Å². The van der Waals surface area contributed by atoms with E-state index in [-0.39, 0.29) is 23.0 Å². The first-order chi connectivity index (χ1) is 17.3. The van der Waals surface area contributed by atoms with Crippen LogP contribution in [-0.2, 0) is 21.2 Å². The van der Waals surface area contributed by atoms with Gasteiger partial charge in [-0.05, 0) is 43.3 Å². The molecule has 1 amide bonds. The van der Waals surface area contributed by atoms with Gasteiger partial charge >= 0.3 is 0 Å². The number of rotatable bonds is 9. The van der Waals surface area contributed by atoms with Crippen LogP contribution in [0.1, 0.15) is 11.3 Å². The largest absolute Gasteiger partial charge is 0.382 e. The lowest BCUT2D eigenvalue weighted by molar-refractivity contribution is -0.117. The molecule has 2 heterocycles. The van der Waals surface area contributed by atoms with E-state index in [1.54, 1.807) is 36.5 Å². The van der Waals surface area contributed by atoms with Gasteiger partial charge in [-0.2, -0.15) is 9.84 Å². The van der Waals surface area contributed by atoms with Gasteiger partial charge in [0.2, 0.25) is 15.9 Å². The predicted octanol–water partition coefficient (Wildman–Crippen LogP) is 3.64. The Labute approximate surface area is 208 Å². The molecule has 12 heteroatoms. The number of carbonyl (C=O) groups excluding carboxylic acids is 1. The molecule has 0 saturated heterocycles. The molecule has 2 aromatic carbocycles. The van der Waals surface area contributed by atoms with Crippen LogP contribution in [0.5, 0.6) is 0 Å². The zero-order chi connectivity index (χ0) is 25.5. The number of pyridine rings is 1. The molecule has 0 aliphatic carbocycles. The molecule has 4 rings (SSSR count). The maximum atomic E-state index is 13.1. The van der Waals surface area contributed by atoms with Crippen LogP contribution in [0.25, 0.3) is 0 Å². The summed E-state index contributed by atoms with van der Waals surface area (Å²) in [5.41, 5.74) is 8.39. The summed E-state index contributed by atoms with van der Waals surface area (Å²) in [5, 5.41) is 10.8. The molecule has 4 aromatic rings. The van der Waals surface area contributed by atoms with Crippen molar-refractivity contribution in [3.05, 3.63) is 90.5 Å². The Morgan fingerprint density at radius 1 is 1.06 bits per heavy atom. The number of aromatic amines is 1. The molecule has 184 valence electrons. The second kappa shape index (κ2) is 10.9. The zero-order valence-electron chi connectivity index (χ0n) is 19.3. The van der Waals surface area contributed by atoms with E-state index in [0.29, 0.717) is 17.1 Å². The van der Waals surface area contributed by atoms with Crippen LogP contribution < -0.4 is 15.8 Å². The molecule has 1 atom stereocenters. The van der Waals surface area contributed by atoms with E-state index in [2.05, 4.69) is 35.2 Å². The molecule has 0 aliphatic heterocycles. The first kappa shape index (κ1) is 24.7. The number of hydrogen-bond acceptors (Lipinski definition) is 8. The molecular formula is C24H24N8O3S. The number of nitrogens with two attached hydrogens (primary N) is 1. The van der Waals surface area contributed by atoms with Crippen LogP contribution in [0.15, 0.2) is 94.4 Å². The summed E-state index contributed by atoms with van der Waals surface area (Å²) in [4.78, 5) is 24.2. The van der Waals surface area contributed by atoms with E-state index in [9.17, 15) is 13.2 Å². The van der Waals surface area contributed by atoms with Crippen molar-refractivity contribution in [3.63, 3.8) is 0 Å². The number of sulfonamides is 1. The number of H-pyrrole nitrogens is 1. The van der Waals surface area contributed by atoms with Crippen molar-refractivity contribution in [1.82, 2.24) is 19.7 Å². The molecule has 5 N–H and O–H groups in total. The highest BCUT2D eigenvalue weighted by molar-refractivity contribution is 7.89. The summed E-state index contributed by atoms with van der Waals surface area (Å²) in [6, 6.07) is 17.3. The molecular weight excluding hydrogens is 480 g/mol. The first-order valence-corrected chi connectivity index (χ1v) is 12.4. The smallest absolute Gasteiger partial charge is 0.244 e. The van der Waals surface area contributed by atoms with Gasteiger partial charge in [0.15, 0.2) is 5.82 Å². The van der Waals surface area contributed by atoms with Crippen molar-refractivity contribution < 1.29 is 13.2 Å². The van der Waals surface area contributed by atoms with E-state index in [1.165, 1.54) is 24.5 Å². The van der Waals surface area contributed by atoms with Crippen molar-refractivity contribution in [2.24, 2.45) is 10.2 Å². The van der Waals surface area contributed by atoms with Gasteiger partial charge < -0.3 is 16.0 Å². The quantitative estimate of drug-likeness (QED) is 0.254. The Balaban J connectivity index is 1.51. The van der Waals surface area contributed by atoms with Crippen LogP contribution in [0.3, 0.4) is 0 Å². The highest BCUT2D eigenvalue weighted by Crippen LogP contribution is 2.24. The lowest BCUT2D eigenvalue weighted by Gasteiger charge is -2.18. The molecule has 11 nitrogen and oxygen atoms in total. The standard InChI is InChI=1S/C24H24N8O3S/c1-16-7-9-19(10-8-16)36(34,35)32-21(13-18-14-26-15-27-18)24(33)29-22-12-11-20(23(25)28-22)31-30-17-5-3-2-4-6-17/h2-12,14-15,21,32H,13H2,1H3,(H,26,27)(H3,25,28,29,33)/t21-/m0/s1. The molecule has 0 fully saturated rings. The SMILES string of the molecule is Cc1ccc(S(=O)(=O)N[C@@H](Cc2c[nH]cn2)C(=O)Nc2ccc(N=Nc3ccccc3)c(N)n2)cc1. The third-order valence-electron chi connectivity index (χ3n) is 5.10. The van der Waals surface area contributed by atoms with E-state index in [1.807, 2.05) is 25.1 Å². The topological polar surface area (TPSA) is 168 Å². The average molecular weight is 505 g/mol. The second-order valence-electron chi connectivity index (χ2n) is 7.88. The Bertz CT molecular complexity index is 1460. The van der Waals surface area contributed by atoms with Crippen molar-refractivity contribution in [2.45, 2.75) is 24.3 Å². The Morgan fingerprint density at radius 3 is 2.47 bits per heavy atom. The lowest BCUT2D eigenvalue weighted by Crippen LogP contribution is -2.45. The fourth-order valence-electron chi connectivity index (χ4n) is 3.21. The minimum absolute atomic E-state index is 0.0132. The number of aryl methyl sites for hydroxylation is 1. The van der Waals surface area contributed by atoms with E-state index in [4.69, 9.17) is 5.73 Å². The van der Waals surface area contributed by atoms with E-state index >= 15 is 0 Å². The second-order valence-corrected chi connectivity index (χ2v) is 9.59. The van der Waals surface area contributed by atoms with Gasteiger partial charge in [0, 0.05) is 12.6 Å². The van der Waals surface area contributed by atoms with Crippen LogP contribution in [0, 0.1) is 6.92 Å². The van der Waals surface area contributed by atoms with Crippen molar-refractivity contribution in [1.29, 1.82) is 0 Å². The Hall–Kier alpha value is -4.42. The van der Waals surface area contributed by atoms with Crippen molar-refractivity contribution >= 4 is 38.9 Å². The Morgan fingerprint density at radius 2 is 1.81 bits per heavy atom. The Kier molecular flexibility index (Phi) is 7.47. The molecule has 36 heavy (non-hydrogen) atoms. The molecule has 0 aliphatic rings. The fraction of sp³-hybridized carbons (Fsp3) is 0.125. The van der Waals surface area contributed by atoms with Crippen LogP contribution >= 0.6 is 0 Å². The number of imidazole rings is 1. The highest BCUT2D eigenvalue weighted by Gasteiger charge is 2.27. The third-order valence-corrected chi connectivity index (χ3v) is 6.58. The van der Waals surface area contributed by atoms with Crippen molar-refractivity contribution in [3.8, 4) is 0 Å². The summed E-state index contributed by atoms with van der Waals surface area (Å²) in [7, 11) is -3.99. The first-order valence-electron chi connectivity index (χ1n) is 10.9. The van der Waals surface area contributed by atoms with Gasteiger partial charge in [-0.1, -0.05) is 35.9 Å². The van der Waals surface area contributed by atoms with Gasteiger partial charge in [0.25, 0.3) is 0 Å². The van der Waals surface area contributed by atoms with Gasteiger partial charge in [0.05, 0.1) is 22.6 Å². The third kappa shape index (κ3) is 6.37. The fourth-order valence-corrected chi connectivity index (χ4v) is 4.41. The maximum absolute atomic E-state index is 13.1. The van der Waals surface area contributed by atoms with Gasteiger partial charge in [0.1, 0.15) is 17.5 Å². The average Bonchev–Trinajstić information content (AvgIpc) is 3.37. The molecule has 2 aromatic heterocycles. The van der Waals surface area contributed by atoms with Gasteiger partial charge in [-0.3, -0.25) is 4.79 Å². The zero-order valence-corrected chi connectivity index (χ0v) is 20.1. The number of carbonyl (C=O) groups is 1. The maximum Gasteiger partial charge on any atom is 0.244 e. The molecule has 0 radical (unpaired) electrons. The molecule has 0 bridgehead atoms. The normalized spacial score (nSPS) is 12.5. The van der Waals surface area contributed by atoms with E-state index in [0.717, 1.165) is 5.56 Å². The summed E-state index contributed by atoms with van der Waals surface area (Å²) in [6.45, 7) is 1.85. The van der Waals surface area contributed by atoms with Crippen LogP contribution in [-0.4, -0.2) is 35.3 Å². The van der Waals surface area contributed by atoms with Crippen LogP contribution in [0.2, 0.25) is 0 Å². The molecule has 0 unspecified atom stereocenters. The summed E-state index contributed by atoms with van der Waals surface area (Å²) >= 11 is 0. The number of anilines is 2. The number of nitrogen functional groups attached to an aromatic ring is 1. The van der Waals surface area contributed by atoms with Gasteiger partial charge in [-0.15, -0.1) is 5.11 Å². The summed E-state index contributed by atoms with van der Waals surface area (Å²) in [6.07, 6.45) is 3.05. The molecule has 0 saturated carbocycles. The van der Waals surface area contributed by atoms with E-state index < -0.39 is 22.0 Å². The predicted molar refractivity (Wildman–Crippen MR) is 135 cm³/mol. The number of benzene rings is 2. The van der Waals surface area contributed by atoms with Crippen LogP contribution in [0.4, 0.5) is 23.0 Å². The minimum Gasteiger partial charge on any atom is -0.382 e.